The molecule has 0 aliphatic heterocycles. The highest BCUT2D eigenvalue weighted by atomic mass is 15.2. The number of nitrogens with zero attached hydrogens (tertiary/aromatic N) is 2. The van der Waals surface area contributed by atoms with Gasteiger partial charge in [-0.05, 0) is 27.6 Å². The molecule has 1 unspecified atom stereocenters. The highest BCUT2D eigenvalue weighted by Gasteiger charge is 2.11. The molecule has 3 nitrogen and oxygen atoms in total. The van der Waals surface area contributed by atoms with Crippen molar-refractivity contribution in [3.8, 4) is 0 Å². The van der Waals surface area contributed by atoms with Crippen molar-refractivity contribution in [1.29, 1.82) is 0 Å². The second-order valence-electron chi connectivity index (χ2n) is 4.85. The third-order valence-electron chi connectivity index (χ3n) is 2.61. The lowest BCUT2D eigenvalue weighted by Crippen LogP contribution is -2.43. The molecule has 1 atom stereocenters. The van der Waals surface area contributed by atoms with E-state index in [-0.39, 0.29) is 0 Å². The van der Waals surface area contributed by atoms with Crippen LogP contribution < -0.4 is 5.32 Å². The van der Waals surface area contributed by atoms with E-state index in [9.17, 15) is 0 Å². The van der Waals surface area contributed by atoms with Gasteiger partial charge >= 0.3 is 0 Å². The zero-order chi connectivity index (χ0) is 11.8. The molecule has 0 aromatic rings. The first-order valence-electron chi connectivity index (χ1n) is 6.09. The van der Waals surface area contributed by atoms with Crippen LogP contribution in [0.5, 0.6) is 0 Å². The van der Waals surface area contributed by atoms with Gasteiger partial charge in [0, 0.05) is 31.7 Å². The normalized spacial score (nSPS) is 14.2. The maximum absolute atomic E-state index is 3.46. The Morgan fingerprint density at radius 3 is 2.13 bits per heavy atom. The van der Waals surface area contributed by atoms with E-state index in [1.165, 1.54) is 0 Å². The van der Waals surface area contributed by atoms with Crippen molar-refractivity contribution >= 4 is 0 Å². The average molecular weight is 215 g/mol. The van der Waals surface area contributed by atoms with Crippen LogP contribution in [0.1, 0.15) is 27.7 Å². The first-order chi connectivity index (χ1) is 6.97. The Balaban J connectivity index is 3.79. The topological polar surface area (TPSA) is 18.5 Å². The minimum Gasteiger partial charge on any atom is -0.313 e. The van der Waals surface area contributed by atoms with Gasteiger partial charge in [0.2, 0.25) is 0 Å². The molecule has 0 bridgehead atoms. The van der Waals surface area contributed by atoms with Crippen molar-refractivity contribution in [2.75, 3.05) is 40.3 Å². The van der Waals surface area contributed by atoms with E-state index < -0.39 is 0 Å². The fourth-order valence-corrected chi connectivity index (χ4v) is 1.83. The molecule has 0 fully saturated rings. The van der Waals surface area contributed by atoms with Crippen molar-refractivity contribution < 1.29 is 0 Å². The number of hydrogen-bond donors (Lipinski definition) is 1. The first-order valence-corrected chi connectivity index (χ1v) is 6.09. The average Bonchev–Trinajstić information content (AvgIpc) is 2.10. The smallest absolute Gasteiger partial charge is 0.0195 e. The Kier molecular flexibility index (Phi) is 8.02. The van der Waals surface area contributed by atoms with Gasteiger partial charge in [-0.15, -0.1) is 0 Å². The van der Waals surface area contributed by atoms with Crippen LogP contribution in [0.3, 0.4) is 0 Å². The summed E-state index contributed by atoms with van der Waals surface area (Å²) < 4.78 is 0. The maximum Gasteiger partial charge on any atom is 0.0195 e. The molecule has 0 saturated heterocycles. The van der Waals surface area contributed by atoms with E-state index in [4.69, 9.17) is 0 Å². The first kappa shape index (κ1) is 14.9. The quantitative estimate of drug-likeness (QED) is 0.657. The van der Waals surface area contributed by atoms with E-state index in [0.29, 0.717) is 12.1 Å². The lowest BCUT2D eigenvalue weighted by molar-refractivity contribution is 0.181. The molecule has 0 rings (SSSR count). The molecule has 0 saturated carbocycles. The predicted molar refractivity (Wildman–Crippen MR) is 68.4 cm³/mol. The highest BCUT2D eigenvalue weighted by molar-refractivity contribution is 4.69. The number of likely N-dealkylation sites (N-methyl/N-ethyl adjacent to an activating group) is 2. The highest BCUT2D eigenvalue weighted by Crippen LogP contribution is 1.99. The molecule has 0 spiro atoms. The zero-order valence-electron chi connectivity index (χ0n) is 11.4. The van der Waals surface area contributed by atoms with Crippen LogP contribution in [-0.2, 0) is 0 Å². The summed E-state index contributed by atoms with van der Waals surface area (Å²) in [5.41, 5.74) is 0. The number of nitrogens with one attached hydrogen (secondary N) is 1. The fourth-order valence-electron chi connectivity index (χ4n) is 1.83. The van der Waals surface area contributed by atoms with E-state index in [2.05, 4.69) is 56.9 Å². The van der Waals surface area contributed by atoms with Gasteiger partial charge in [-0.3, -0.25) is 4.90 Å². The molecule has 92 valence electrons. The summed E-state index contributed by atoms with van der Waals surface area (Å²) in [6.45, 7) is 13.4. The molecule has 15 heavy (non-hydrogen) atoms. The van der Waals surface area contributed by atoms with Crippen molar-refractivity contribution in [3.63, 3.8) is 0 Å². The van der Waals surface area contributed by atoms with E-state index in [1.54, 1.807) is 0 Å². The van der Waals surface area contributed by atoms with Crippen LogP contribution in [0.2, 0.25) is 0 Å². The summed E-state index contributed by atoms with van der Waals surface area (Å²) >= 11 is 0. The van der Waals surface area contributed by atoms with Crippen LogP contribution in [-0.4, -0.2) is 62.2 Å². The second-order valence-corrected chi connectivity index (χ2v) is 4.85. The molecule has 0 heterocycles. The van der Waals surface area contributed by atoms with Gasteiger partial charge in [0.25, 0.3) is 0 Å². The number of rotatable bonds is 8. The maximum atomic E-state index is 3.46. The summed E-state index contributed by atoms with van der Waals surface area (Å²) in [7, 11) is 4.27. The minimum absolute atomic E-state index is 0.591. The van der Waals surface area contributed by atoms with Gasteiger partial charge in [0.1, 0.15) is 0 Å². The lowest BCUT2D eigenvalue weighted by atomic mass is 10.2. The van der Waals surface area contributed by atoms with E-state index in [0.717, 1.165) is 26.2 Å². The van der Waals surface area contributed by atoms with Gasteiger partial charge in [-0.1, -0.05) is 20.8 Å². The van der Waals surface area contributed by atoms with Crippen LogP contribution in [0.15, 0.2) is 0 Å². The zero-order valence-corrected chi connectivity index (χ0v) is 11.4. The SMILES string of the molecule is CCN(CCNC(C)C)C(C)CN(C)C. The van der Waals surface area contributed by atoms with Gasteiger partial charge in [0.15, 0.2) is 0 Å². The van der Waals surface area contributed by atoms with Crippen LogP contribution in [0.25, 0.3) is 0 Å². The second kappa shape index (κ2) is 8.08. The van der Waals surface area contributed by atoms with Crippen molar-refractivity contribution in [3.05, 3.63) is 0 Å². The van der Waals surface area contributed by atoms with Crippen LogP contribution >= 0.6 is 0 Å². The number of hydrogen-bond acceptors (Lipinski definition) is 3. The fraction of sp³-hybridized carbons (Fsp3) is 1.00. The monoisotopic (exact) mass is 215 g/mol. The summed E-state index contributed by atoms with van der Waals surface area (Å²) in [5, 5.41) is 3.46. The van der Waals surface area contributed by atoms with Gasteiger partial charge < -0.3 is 10.2 Å². The molecular weight excluding hydrogens is 186 g/mol. The third-order valence-corrected chi connectivity index (χ3v) is 2.61. The molecule has 0 aliphatic rings. The molecule has 0 aromatic carbocycles. The van der Waals surface area contributed by atoms with Gasteiger partial charge in [0.05, 0.1) is 0 Å². The van der Waals surface area contributed by atoms with Crippen LogP contribution in [0, 0.1) is 0 Å². The summed E-state index contributed by atoms with van der Waals surface area (Å²) in [4.78, 5) is 4.78. The Morgan fingerprint density at radius 2 is 1.73 bits per heavy atom. The minimum atomic E-state index is 0.591. The largest absolute Gasteiger partial charge is 0.313 e. The molecule has 0 aromatic heterocycles. The predicted octanol–water partition coefficient (Wildman–Crippen LogP) is 1.26. The van der Waals surface area contributed by atoms with Gasteiger partial charge in [-0.2, -0.15) is 0 Å². The third kappa shape index (κ3) is 7.77. The standard InChI is InChI=1S/C12H29N3/c1-7-15(9-8-13-11(2)3)12(4)10-14(5)6/h11-13H,7-10H2,1-6H3. The molecule has 1 N–H and O–H groups in total. The lowest BCUT2D eigenvalue weighted by Gasteiger charge is -2.30. The van der Waals surface area contributed by atoms with Crippen molar-refractivity contribution in [2.24, 2.45) is 0 Å². The molecular formula is C12H29N3. The molecule has 0 amide bonds. The Morgan fingerprint density at radius 1 is 1.13 bits per heavy atom. The van der Waals surface area contributed by atoms with E-state index >= 15 is 0 Å². The Hall–Kier alpha value is -0.120. The van der Waals surface area contributed by atoms with Gasteiger partial charge in [-0.25, -0.2) is 0 Å². The Bertz CT molecular complexity index is 146. The van der Waals surface area contributed by atoms with Crippen molar-refractivity contribution in [2.45, 2.75) is 39.8 Å². The summed E-state index contributed by atoms with van der Waals surface area (Å²) in [6.07, 6.45) is 0. The van der Waals surface area contributed by atoms with Crippen LogP contribution in [0.4, 0.5) is 0 Å². The molecule has 3 heteroatoms. The van der Waals surface area contributed by atoms with E-state index in [1.807, 2.05) is 0 Å². The summed E-state index contributed by atoms with van der Waals surface area (Å²) in [5.74, 6) is 0. The Labute approximate surface area is 95.8 Å². The molecule has 0 radical (unpaired) electrons. The van der Waals surface area contributed by atoms with Crippen molar-refractivity contribution in [1.82, 2.24) is 15.1 Å². The molecule has 0 aliphatic carbocycles. The summed E-state index contributed by atoms with van der Waals surface area (Å²) in [6, 6.07) is 1.23.